The maximum absolute atomic E-state index is 11.9. The summed E-state index contributed by atoms with van der Waals surface area (Å²) in [5, 5.41) is 9.99. The molecule has 0 unspecified atom stereocenters. The van der Waals surface area contributed by atoms with E-state index in [1.165, 1.54) is 0 Å². The third-order valence-electron chi connectivity index (χ3n) is 3.05. The van der Waals surface area contributed by atoms with Gasteiger partial charge >= 0.3 is 6.09 Å². The zero-order valence-corrected chi connectivity index (χ0v) is 11.8. The number of hydrogen-bond donors (Lipinski definition) is 1. The Morgan fingerprint density at radius 1 is 1.18 bits per heavy atom. The molecular formula is C13H25NO3. The summed E-state index contributed by atoms with van der Waals surface area (Å²) in [4.78, 5) is 13.5. The van der Waals surface area contributed by atoms with Crippen molar-refractivity contribution >= 4 is 6.09 Å². The van der Waals surface area contributed by atoms with Crippen LogP contribution in [-0.2, 0) is 4.74 Å². The van der Waals surface area contributed by atoms with E-state index in [1.807, 2.05) is 20.8 Å². The van der Waals surface area contributed by atoms with Crippen LogP contribution < -0.4 is 0 Å². The Kier molecular flexibility index (Phi) is 3.77. The topological polar surface area (TPSA) is 49.8 Å². The minimum Gasteiger partial charge on any atom is -0.444 e. The zero-order valence-electron chi connectivity index (χ0n) is 11.8. The lowest BCUT2D eigenvalue weighted by atomic mass is 9.79. The first-order valence-corrected chi connectivity index (χ1v) is 6.17. The zero-order chi connectivity index (χ0) is 13.4. The summed E-state index contributed by atoms with van der Waals surface area (Å²) in [6.07, 6.45) is -0.786. The minimum atomic E-state index is -0.484. The summed E-state index contributed by atoms with van der Waals surface area (Å²) >= 11 is 0. The van der Waals surface area contributed by atoms with Crippen LogP contribution in [0.4, 0.5) is 4.79 Å². The summed E-state index contributed by atoms with van der Waals surface area (Å²) in [6.45, 7) is 12.7. The fourth-order valence-corrected chi connectivity index (χ4v) is 2.11. The van der Waals surface area contributed by atoms with E-state index < -0.39 is 11.7 Å². The maximum atomic E-state index is 11.9. The molecule has 0 aromatic heterocycles. The Balaban J connectivity index is 2.63. The molecule has 1 aliphatic heterocycles. The van der Waals surface area contributed by atoms with E-state index in [-0.39, 0.29) is 17.4 Å². The Bertz CT molecular complexity index is 288. The van der Waals surface area contributed by atoms with E-state index in [0.29, 0.717) is 13.1 Å². The Labute approximate surface area is 104 Å². The number of aliphatic hydroxyl groups is 1. The molecule has 17 heavy (non-hydrogen) atoms. The predicted octanol–water partition coefficient (Wildman–Crippen LogP) is 2.26. The molecule has 1 heterocycles. The van der Waals surface area contributed by atoms with Crippen LogP contribution in [0.2, 0.25) is 0 Å². The average molecular weight is 243 g/mol. The molecule has 1 fully saturated rings. The van der Waals surface area contributed by atoms with Crippen molar-refractivity contribution in [3.63, 3.8) is 0 Å². The van der Waals surface area contributed by atoms with Gasteiger partial charge in [0, 0.05) is 12.5 Å². The molecule has 0 bridgehead atoms. The Morgan fingerprint density at radius 2 is 1.71 bits per heavy atom. The van der Waals surface area contributed by atoms with Gasteiger partial charge in [-0.05, 0) is 26.2 Å². The lowest BCUT2D eigenvalue weighted by Crippen LogP contribution is -2.36. The molecule has 100 valence electrons. The quantitative estimate of drug-likeness (QED) is 0.710. The maximum Gasteiger partial charge on any atom is 0.410 e. The van der Waals surface area contributed by atoms with Crippen LogP contribution in [0, 0.1) is 11.3 Å². The molecule has 0 radical (unpaired) electrons. The molecule has 0 aromatic rings. The summed E-state index contributed by atoms with van der Waals surface area (Å²) in [6, 6.07) is 0. The van der Waals surface area contributed by atoms with Gasteiger partial charge in [0.2, 0.25) is 0 Å². The van der Waals surface area contributed by atoms with Gasteiger partial charge in [-0.1, -0.05) is 20.8 Å². The van der Waals surface area contributed by atoms with Gasteiger partial charge in [-0.15, -0.1) is 0 Å². The molecule has 1 aliphatic rings. The van der Waals surface area contributed by atoms with E-state index in [2.05, 4.69) is 20.8 Å². The van der Waals surface area contributed by atoms with Crippen LogP contribution in [-0.4, -0.2) is 40.9 Å². The summed E-state index contributed by atoms with van der Waals surface area (Å²) < 4.78 is 5.31. The van der Waals surface area contributed by atoms with Gasteiger partial charge in [0.05, 0.1) is 12.6 Å². The molecule has 1 rings (SSSR count). The average Bonchev–Trinajstić information content (AvgIpc) is 2.42. The number of hydrogen-bond acceptors (Lipinski definition) is 3. The van der Waals surface area contributed by atoms with Gasteiger partial charge in [-0.2, -0.15) is 0 Å². The molecule has 1 saturated heterocycles. The lowest BCUT2D eigenvalue weighted by molar-refractivity contribution is 0.0269. The highest BCUT2D eigenvalue weighted by Gasteiger charge is 2.41. The molecule has 0 spiro atoms. The number of amides is 1. The number of likely N-dealkylation sites (tertiary alicyclic amines) is 1. The fraction of sp³-hybridized carbons (Fsp3) is 0.923. The van der Waals surface area contributed by atoms with Crippen molar-refractivity contribution in [3.8, 4) is 0 Å². The van der Waals surface area contributed by atoms with Crippen LogP contribution in [0.25, 0.3) is 0 Å². The van der Waals surface area contributed by atoms with Gasteiger partial charge < -0.3 is 14.7 Å². The second-order valence-corrected chi connectivity index (χ2v) is 6.93. The third-order valence-corrected chi connectivity index (χ3v) is 3.05. The van der Waals surface area contributed by atoms with Crippen LogP contribution in [0.1, 0.15) is 41.5 Å². The van der Waals surface area contributed by atoms with Crippen molar-refractivity contribution in [2.24, 2.45) is 11.3 Å². The standard InChI is InChI=1S/C13H25NO3/c1-12(2,3)9-7-14(8-10(9)15)11(16)17-13(4,5)6/h9-10,15H,7-8H2,1-6H3/t9-,10-/m1/s1. The van der Waals surface area contributed by atoms with E-state index in [1.54, 1.807) is 4.90 Å². The van der Waals surface area contributed by atoms with E-state index in [0.717, 1.165) is 0 Å². The van der Waals surface area contributed by atoms with Gasteiger partial charge in [0.1, 0.15) is 5.60 Å². The SMILES string of the molecule is CC(C)(C)OC(=O)N1C[C@@H](O)[C@H](C(C)(C)C)C1. The van der Waals surface area contributed by atoms with Gasteiger partial charge in [0.25, 0.3) is 0 Å². The van der Waals surface area contributed by atoms with Gasteiger partial charge in [-0.25, -0.2) is 4.79 Å². The predicted molar refractivity (Wildman–Crippen MR) is 66.8 cm³/mol. The summed E-state index contributed by atoms with van der Waals surface area (Å²) in [5.41, 5.74) is -0.488. The van der Waals surface area contributed by atoms with E-state index >= 15 is 0 Å². The number of carbonyl (C=O) groups is 1. The van der Waals surface area contributed by atoms with Crippen molar-refractivity contribution < 1.29 is 14.6 Å². The highest BCUT2D eigenvalue weighted by Crippen LogP contribution is 2.34. The first kappa shape index (κ1) is 14.3. The lowest BCUT2D eigenvalue weighted by Gasteiger charge is -2.29. The number of nitrogens with zero attached hydrogens (tertiary/aromatic N) is 1. The second kappa shape index (κ2) is 4.48. The molecule has 2 atom stereocenters. The summed E-state index contributed by atoms with van der Waals surface area (Å²) in [7, 11) is 0. The molecule has 4 nitrogen and oxygen atoms in total. The molecule has 1 amide bonds. The minimum absolute atomic E-state index is 0.00379. The van der Waals surface area contributed by atoms with Crippen LogP contribution in [0.15, 0.2) is 0 Å². The normalized spacial score (nSPS) is 26.2. The highest BCUT2D eigenvalue weighted by molar-refractivity contribution is 5.68. The van der Waals surface area contributed by atoms with Crippen LogP contribution in [0.5, 0.6) is 0 Å². The largest absolute Gasteiger partial charge is 0.444 e. The van der Waals surface area contributed by atoms with Gasteiger partial charge in [0.15, 0.2) is 0 Å². The van der Waals surface area contributed by atoms with E-state index in [4.69, 9.17) is 4.74 Å². The number of carbonyl (C=O) groups excluding carboxylic acids is 1. The number of ether oxygens (including phenoxy) is 1. The van der Waals surface area contributed by atoms with Gasteiger partial charge in [-0.3, -0.25) is 0 Å². The van der Waals surface area contributed by atoms with Crippen molar-refractivity contribution in [1.29, 1.82) is 0 Å². The van der Waals surface area contributed by atoms with Crippen molar-refractivity contribution in [1.82, 2.24) is 4.90 Å². The second-order valence-electron chi connectivity index (χ2n) is 6.93. The molecule has 1 N–H and O–H groups in total. The number of aliphatic hydroxyl groups excluding tert-OH is 1. The van der Waals surface area contributed by atoms with Crippen molar-refractivity contribution in [2.45, 2.75) is 53.2 Å². The Morgan fingerprint density at radius 3 is 2.06 bits per heavy atom. The smallest absolute Gasteiger partial charge is 0.410 e. The highest BCUT2D eigenvalue weighted by atomic mass is 16.6. The molecule has 0 aliphatic carbocycles. The molecule has 0 aromatic carbocycles. The van der Waals surface area contributed by atoms with Crippen LogP contribution in [0.3, 0.4) is 0 Å². The number of rotatable bonds is 0. The summed E-state index contributed by atoms with van der Waals surface area (Å²) in [5.74, 6) is 0.106. The molecule has 4 heteroatoms. The van der Waals surface area contributed by atoms with E-state index in [9.17, 15) is 9.90 Å². The monoisotopic (exact) mass is 243 g/mol. The molecule has 0 saturated carbocycles. The first-order chi connectivity index (χ1) is 7.50. The van der Waals surface area contributed by atoms with Crippen molar-refractivity contribution in [3.05, 3.63) is 0 Å². The number of β-amino-alcohol motifs (C(OH)–C–C–N with tert-alkyl or cyclic N) is 1. The van der Waals surface area contributed by atoms with Crippen molar-refractivity contribution in [2.75, 3.05) is 13.1 Å². The third kappa shape index (κ3) is 3.87. The van der Waals surface area contributed by atoms with Crippen LogP contribution >= 0.6 is 0 Å². The fourth-order valence-electron chi connectivity index (χ4n) is 2.11. The molecular weight excluding hydrogens is 218 g/mol. The first-order valence-electron chi connectivity index (χ1n) is 6.17. The Hall–Kier alpha value is -0.770.